The second kappa shape index (κ2) is 7.34. The van der Waals surface area contributed by atoms with Gasteiger partial charge in [-0.2, -0.15) is 13.2 Å². The van der Waals surface area contributed by atoms with Crippen molar-refractivity contribution in [3.63, 3.8) is 0 Å². The van der Waals surface area contributed by atoms with Gasteiger partial charge in [-0.15, -0.1) is 0 Å². The third kappa shape index (κ3) is 3.91. The summed E-state index contributed by atoms with van der Waals surface area (Å²) in [6.07, 6.45) is -5.48. The maximum atomic E-state index is 12.9. The predicted octanol–water partition coefficient (Wildman–Crippen LogP) is 3.49. The number of carbonyl (C=O) groups is 1. The quantitative estimate of drug-likeness (QED) is 0.830. The van der Waals surface area contributed by atoms with Gasteiger partial charge < -0.3 is 14.7 Å². The average Bonchev–Trinajstić information content (AvgIpc) is 2.64. The Morgan fingerprint density at radius 2 is 1.86 bits per heavy atom. The highest BCUT2D eigenvalue weighted by Gasteiger charge is 2.32. The van der Waals surface area contributed by atoms with Crippen LogP contribution in [0.25, 0.3) is 0 Å². The molecule has 150 valence electrons. The number of carboxylic acid groups (broad SMARTS) is 1. The first-order valence-electron chi connectivity index (χ1n) is 8.19. The molecule has 10 heteroatoms. The van der Waals surface area contributed by atoms with Crippen LogP contribution in [0.3, 0.4) is 0 Å². The molecule has 6 nitrogen and oxygen atoms in total. The Labute approximate surface area is 161 Å². The lowest BCUT2D eigenvalue weighted by molar-refractivity contribution is -0.144. The number of anilines is 2. The molecule has 1 N–H and O–H groups in total. The van der Waals surface area contributed by atoms with Gasteiger partial charge in [0.2, 0.25) is 0 Å². The van der Waals surface area contributed by atoms with Crippen molar-refractivity contribution in [3.05, 3.63) is 48.0 Å². The molecule has 3 rings (SSSR count). The molecule has 0 radical (unpaired) electrons. The van der Waals surface area contributed by atoms with Crippen molar-refractivity contribution in [2.75, 3.05) is 22.9 Å². The SMILES string of the molecule is CC(Oc1ccc2c(c1)N(C)CN(c1ccc(C(F)(F)F)cc1)[S@@]2=O)C(=O)O. The molecule has 0 spiro atoms. The number of hydrogen-bond donors (Lipinski definition) is 1. The number of benzene rings is 2. The molecule has 1 aliphatic heterocycles. The molecular weight excluding hydrogens is 397 g/mol. The smallest absolute Gasteiger partial charge is 0.416 e. The third-order valence-electron chi connectivity index (χ3n) is 4.21. The monoisotopic (exact) mass is 414 g/mol. The van der Waals surface area contributed by atoms with E-state index in [4.69, 9.17) is 9.84 Å². The molecule has 1 unspecified atom stereocenters. The first-order chi connectivity index (χ1) is 13.1. The summed E-state index contributed by atoms with van der Waals surface area (Å²) in [5, 5.41) is 8.95. The zero-order valence-electron chi connectivity index (χ0n) is 14.9. The van der Waals surface area contributed by atoms with E-state index in [0.29, 0.717) is 22.0 Å². The molecule has 2 aromatic rings. The van der Waals surface area contributed by atoms with E-state index in [1.165, 1.54) is 29.4 Å². The molecular formula is C18H17F3N2O4S. The van der Waals surface area contributed by atoms with Gasteiger partial charge in [0, 0.05) is 13.1 Å². The first kappa shape index (κ1) is 20.0. The molecule has 1 aliphatic rings. The van der Waals surface area contributed by atoms with E-state index in [0.717, 1.165) is 12.1 Å². The number of ether oxygens (including phenoxy) is 1. The van der Waals surface area contributed by atoms with Crippen molar-refractivity contribution in [2.24, 2.45) is 0 Å². The van der Waals surface area contributed by atoms with E-state index in [1.54, 1.807) is 24.1 Å². The van der Waals surface area contributed by atoms with Crippen LogP contribution >= 0.6 is 0 Å². The summed E-state index contributed by atoms with van der Waals surface area (Å²) in [4.78, 5) is 13.1. The fraction of sp³-hybridized carbons (Fsp3) is 0.278. The second-order valence-corrected chi connectivity index (χ2v) is 7.62. The van der Waals surface area contributed by atoms with Gasteiger partial charge in [0.25, 0.3) is 0 Å². The first-order valence-corrected chi connectivity index (χ1v) is 9.30. The summed E-state index contributed by atoms with van der Waals surface area (Å²) < 4.78 is 58.0. The average molecular weight is 414 g/mol. The van der Waals surface area contributed by atoms with Gasteiger partial charge in [-0.1, -0.05) is 0 Å². The highest BCUT2D eigenvalue weighted by molar-refractivity contribution is 7.86. The van der Waals surface area contributed by atoms with Crippen LogP contribution in [-0.4, -0.2) is 35.1 Å². The Balaban J connectivity index is 1.87. The Kier molecular flexibility index (Phi) is 5.24. The molecule has 2 aromatic carbocycles. The number of alkyl halides is 3. The minimum atomic E-state index is -4.44. The number of fused-ring (bicyclic) bond motifs is 1. The van der Waals surface area contributed by atoms with Gasteiger partial charge in [-0.3, -0.25) is 4.31 Å². The maximum Gasteiger partial charge on any atom is 0.416 e. The van der Waals surface area contributed by atoms with Gasteiger partial charge in [0.1, 0.15) is 12.4 Å². The van der Waals surface area contributed by atoms with E-state index >= 15 is 0 Å². The zero-order valence-corrected chi connectivity index (χ0v) is 15.8. The van der Waals surface area contributed by atoms with Crippen molar-refractivity contribution in [1.82, 2.24) is 0 Å². The summed E-state index contributed by atoms with van der Waals surface area (Å²) >= 11 is 0. The molecule has 0 saturated heterocycles. The molecule has 0 amide bonds. The number of halogens is 3. The van der Waals surface area contributed by atoms with Gasteiger partial charge in [0.15, 0.2) is 17.1 Å². The fourth-order valence-corrected chi connectivity index (χ4v) is 4.11. The topological polar surface area (TPSA) is 70.1 Å². The number of rotatable bonds is 4. The van der Waals surface area contributed by atoms with Gasteiger partial charge in [-0.25, -0.2) is 9.00 Å². The third-order valence-corrected chi connectivity index (χ3v) is 5.66. The highest BCUT2D eigenvalue weighted by Crippen LogP contribution is 2.37. The Bertz CT molecular complexity index is 918. The van der Waals surface area contributed by atoms with Crippen LogP contribution in [0, 0.1) is 0 Å². The van der Waals surface area contributed by atoms with E-state index < -0.39 is 34.8 Å². The van der Waals surface area contributed by atoms with Crippen LogP contribution in [0.2, 0.25) is 0 Å². The number of hydrogen-bond acceptors (Lipinski definition) is 4. The Hall–Kier alpha value is -2.75. The summed E-state index contributed by atoms with van der Waals surface area (Å²) in [5.74, 6) is -0.788. The standard InChI is InChI=1S/C18H17F3N2O4S/c1-11(17(24)25)27-14-7-8-16-15(9-14)22(2)10-23(28(16)26)13-5-3-12(4-6-13)18(19,20)21/h3-9,11H,10H2,1-2H3,(H,24,25)/t11?,28-/m1/s1. The molecule has 0 aromatic heterocycles. The molecule has 28 heavy (non-hydrogen) atoms. The molecule has 2 atom stereocenters. The van der Waals surface area contributed by atoms with Crippen LogP contribution in [0.4, 0.5) is 24.5 Å². The van der Waals surface area contributed by atoms with Crippen LogP contribution in [0.1, 0.15) is 12.5 Å². The molecule has 0 fully saturated rings. The lowest BCUT2D eigenvalue weighted by Gasteiger charge is -2.36. The van der Waals surface area contributed by atoms with E-state index in [-0.39, 0.29) is 6.67 Å². The summed E-state index contributed by atoms with van der Waals surface area (Å²) in [5.41, 5.74) is 0.211. The van der Waals surface area contributed by atoms with E-state index in [2.05, 4.69) is 0 Å². The number of aliphatic carboxylic acids is 1. The summed E-state index contributed by atoms with van der Waals surface area (Å²) in [7, 11) is 0.0893. The number of nitrogens with zero attached hydrogens (tertiary/aromatic N) is 2. The van der Waals surface area contributed by atoms with Crippen molar-refractivity contribution in [2.45, 2.75) is 24.1 Å². The molecule has 0 aliphatic carbocycles. The highest BCUT2D eigenvalue weighted by atomic mass is 32.2. The van der Waals surface area contributed by atoms with Crippen molar-refractivity contribution in [3.8, 4) is 5.75 Å². The lowest BCUT2D eigenvalue weighted by atomic mass is 10.2. The van der Waals surface area contributed by atoms with Crippen LogP contribution in [-0.2, 0) is 22.0 Å². The fourth-order valence-electron chi connectivity index (χ4n) is 2.71. The Morgan fingerprint density at radius 1 is 1.21 bits per heavy atom. The molecule has 0 bridgehead atoms. The molecule has 1 heterocycles. The normalized spacial score (nSPS) is 17.8. The molecule has 0 saturated carbocycles. The minimum Gasteiger partial charge on any atom is -0.479 e. The van der Waals surface area contributed by atoms with Crippen molar-refractivity contribution in [1.29, 1.82) is 0 Å². The van der Waals surface area contributed by atoms with Gasteiger partial charge >= 0.3 is 12.1 Å². The van der Waals surface area contributed by atoms with Crippen molar-refractivity contribution >= 4 is 28.3 Å². The van der Waals surface area contributed by atoms with Crippen LogP contribution in [0.5, 0.6) is 5.75 Å². The van der Waals surface area contributed by atoms with Crippen molar-refractivity contribution < 1.29 is 32.0 Å². The van der Waals surface area contributed by atoms with E-state index in [9.17, 15) is 22.2 Å². The van der Waals surface area contributed by atoms with Crippen LogP contribution < -0.4 is 13.9 Å². The largest absolute Gasteiger partial charge is 0.479 e. The predicted molar refractivity (Wildman–Crippen MR) is 97.8 cm³/mol. The Morgan fingerprint density at radius 3 is 2.43 bits per heavy atom. The maximum absolute atomic E-state index is 12.9. The zero-order chi connectivity index (χ0) is 20.6. The van der Waals surface area contributed by atoms with E-state index in [1.807, 2.05) is 0 Å². The lowest BCUT2D eigenvalue weighted by Crippen LogP contribution is -2.42. The summed E-state index contributed by atoms with van der Waals surface area (Å²) in [6.45, 7) is 1.57. The van der Waals surface area contributed by atoms with Gasteiger partial charge in [0.05, 0.1) is 21.8 Å². The summed E-state index contributed by atoms with van der Waals surface area (Å²) in [6, 6.07) is 9.13. The second-order valence-electron chi connectivity index (χ2n) is 6.24. The minimum absolute atomic E-state index is 0.170. The van der Waals surface area contributed by atoms with Gasteiger partial charge in [-0.05, 0) is 43.3 Å². The number of carboxylic acids is 1. The van der Waals surface area contributed by atoms with Crippen LogP contribution in [0.15, 0.2) is 47.4 Å².